The third-order valence-electron chi connectivity index (χ3n) is 5.11. The highest BCUT2D eigenvalue weighted by Gasteiger charge is 2.24. The first-order valence-electron chi connectivity index (χ1n) is 9.83. The topological polar surface area (TPSA) is 108 Å². The standard InChI is InChI=1S/C24H20N2O6/c1-30-17-7-8-18-15(11-22(27)32-21(18)12-17)10-20(24(29)31-2)26-23(28)16-9-14-5-3-4-6-19(14)25-13-16/h3-9,11-13,20H,10H2,1-2H3,(H,26,28)/t20-/m1/s1. The summed E-state index contributed by atoms with van der Waals surface area (Å²) in [6.07, 6.45) is 1.48. The van der Waals surface area contributed by atoms with Crippen molar-refractivity contribution in [1.82, 2.24) is 10.3 Å². The van der Waals surface area contributed by atoms with Gasteiger partial charge in [0, 0.05) is 35.5 Å². The van der Waals surface area contributed by atoms with E-state index in [4.69, 9.17) is 13.9 Å². The van der Waals surface area contributed by atoms with Crippen LogP contribution in [0.3, 0.4) is 0 Å². The van der Waals surface area contributed by atoms with Crippen molar-refractivity contribution in [1.29, 1.82) is 0 Å². The lowest BCUT2D eigenvalue weighted by Gasteiger charge is -2.17. The average molecular weight is 432 g/mol. The number of rotatable bonds is 6. The molecule has 162 valence electrons. The zero-order chi connectivity index (χ0) is 22.7. The Kier molecular flexibility index (Phi) is 5.85. The number of nitrogens with one attached hydrogen (secondary N) is 1. The number of para-hydroxylation sites is 1. The van der Waals surface area contributed by atoms with Crippen LogP contribution in [0, 0.1) is 0 Å². The maximum absolute atomic E-state index is 12.9. The van der Waals surface area contributed by atoms with Gasteiger partial charge in [0.2, 0.25) is 0 Å². The Morgan fingerprint density at radius 3 is 2.69 bits per heavy atom. The second-order valence-electron chi connectivity index (χ2n) is 7.12. The minimum atomic E-state index is -1.02. The summed E-state index contributed by atoms with van der Waals surface area (Å²) in [4.78, 5) is 41.7. The molecule has 2 aromatic carbocycles. The van der Waals surface area contributed by atoms with Gasteiger partial charge in [0.15, 0.2) is 0 Å². The van der Waals surface area contributed by atoms with Gasteiger partial charge in [0.25, 0.3) is 5.91 Å². The van der Waals surface area contributed by atoms with Crippen molar-refractivity contribution in [2.24, 2.45) is 0 Å². The van der Waals surface area contributed by atoms with E-state index in [2.05, 4.69) is 10.3 Å². The zero-order valence-electron chi connectivity index (χ0n) is 17.5. The van der Waals surface area contributed by atoms with Crippen molar-refractivity contribution in [2.75, 3.05) is 14.2 Å². The van der Waals surface area contributed by atoms with Gasteiger partial charge in [-0.3, -0.25) is 9.78 Å². The van der Waals surface area contributed by atoms with Crippen molar-refractivity contribution in [3.8, 4) is 5.75 Å². The first kappa shape index (κ1) is 21.0. The van der Waals surface area contributed by atoms with Crippen LogP contribution in [-0.4, -0.2) is 37.1 Å². The maximum atomic E-state index is 12.9. The fourth-order valence-corrected chi connectivity index (χ4v) is 3.50. The molecule has 4 aromatic rings. The van der Waals surface area contributed by atoms with Crippen molar-refractivity contribution in [3.63, 3.8) is 0 Å². The minimum Gasteiger partial charge on any atom is -0.497 e. The van der Waals surface area contributed by atoms with E-state index in [-0.39, 0.29) is 6.42 Å². The Morgan fingerprint density at radius 1 is 1.09 bits per heavy atom. The number of ether oxygens (including phenoxy) is 2. The summed E-state index contributed by atoms with van der Waals surface area (Å²) >= 11 is 0. The Labute approximate surface area is 182 Å². The van der Waals surface area contributed by atoms with Gasteiger partial charge in [0.05, 0.1) is 25.3 Å². The largest absolute Gasteiger partial charge is 0.497 e. The number of amides is 1. The summed E-state index contributed by atoms with van der Waals surface area (Å²) in [7, 11) is 2.75. The molecule has 8 nitrogen and oxygen atoms in total. The van der Waals surface area contributed by atoms with E-state index < -0.39 is 23.5 Å². The molecule has 0 aliphatic rings. The molecule has 2 heterocycles. The van der Waals surface area contributed by atoms with Crippen LogP contribution >= 0.6 is 0 Å². The van der Waals surface area contributed by atoms with E-state index in [1.807, 2.05) is 24.3 Å². The Morgan fingerprint density at radius 2 is 1.91 bits per heavy atom. The van der Waals surface area contributed by atoms with Crippen molar-refractivity contribution in [2.45, 2.75) is 12.5 Å². The van der Waals surface area contributed by atoms with Crippen molar-refractivity contribution >= 4 is 33.7 Å². The van der Waals surface area contributed by atoms with Gasteiger partial charge in [-0.05, 0) is 29.8 Å². The third kappa shape index (κ3) is 4.29. The maximum Gasteiger partial charge on any atom is 0.336 e. The van der Waals surface area contributed by atoms with Gasteiger partial charge >= 0.3 is 11.6 Å². The lowest BCUT2D eigenvalue weighted by molar-refractivity contribution is -0.142. The molecule has 1 amide bonds. The van der Waals surface area contributed by atoms with Crippen LogP contribution in [0.2, 0.25) is 0 Å². The van der Waals surface area contributed by atoms with Gasteiger partial charge in [0.1, 0.15) is 17.4 Å². The van der Waals surface area contributed by atoms with Gasteiger partial charge in [-0.2, -0.15) is 0 Å². The molecule has 0 saturated carbocycles. The summed E-state index contributed by atoms with van der Waals surface area (Å²) in [6, 6.07) is 14.4. The number of carbonyl (C=O) groups excluding carboxylic acids is 2. The predicted octanol–water partition coefficient (Wildman–Crippen LogP) is 2.86. The number of carbonyl (C=O) groups is 2. The highest BCUT2D eigenvalue weighted by molar-refractivity contribution is 5.99. The number of pyridine rings is 1. The Bertz CT molecular complexity index is 1380. The summed E-state index contributed by atoms with van der Waals surface area (Å²) in [5, 5.41) is 4.12. The molecule has 0 radical (unpaired) electrons. The Balaban J connectivity index is 1.65. The van der Waals surface area contributed by atoms with Crippen LogP contribution in [0.15, 0.2) is 70.0 Å². The second-order valence-corrected chi connectivity index (χ2v) is 7.12. The molecule has 0 fully saturated rings. The molecular formula is C24H20N2O6. The monoisotopic (exact) mass is 432 g/mol. The van der Waals surface area contributed by atoms with Gasteiger partial charge < -0.3 is 19.2 Å². The number of hydrogen-bond donors (Lipinski definition) is 1. The average Bonchev–Trinajstić information content (AvgIpc) is 2.82. The zero-order valence-corrected chi connectivity index (χ0v) is 17.5. The summed E-state index contributed by atoms with van der Waals surface area (Å²) in [5.74, 6) is -0.589. The first-order valence-corrected chi connectivity index (χ1v) is 9.83. The molecule has 32 heavy (non-hydrogen) atoms. The summed E-state index contributed by atoms with van der Waals surface area (Å²) in [6.45, 7) is 0. The lowest BCUT2D eigenvalue weighted by Crippen LogP contribution is -2.43. The molecule has 0 aliphatic heterocycles. The van der Waals surface area contributed by atoms with Crippen LogP contribution in [-0.2, 0) is 16.0 Å². The first-order chi connectivity index (χ1) is 15.5. The predicted molar refractivity (Wildman–Crippen MR) is 118 cm³/mol. The van der Waals surface area contributed by atoms with Gasteiger partial charge in [-0.25, -0.2) is 9.59 Å². The molecular weight excluding hydrogens is 412 g/mol. The quantitative estimate of drug-likeness (QED) is 0.369. The molecule has 0 saturated heterocycles. The molecule has 8 heteroatoms. The highest BCUT2D eigenvalue weighted by Crippen LogP contribution is 2.23. The van der Waals surface area contributed by atoms with Crippen LogP contribution in [0.25, 0.3) is 21.9 Å². The summed E-state index contributed by atoms with van der Waals surface area (Å²) in [5.41, 5.74) is 1.34. The van der Waals surface area contributed by atoms with E-state index >= 15 is 0 Å². The Hall–Kier alpha value is -4.20. The molecule has 0 bridgehead atoms. The number of hydrogen-bond acceptors (Lipinski definition) is 7. The number of benzene rings is 2. The van der Waals surface area contributed by atoms with E-state index in [9.17, 15) is 14.4 Å². The lowest BCUT2D eigenvalue weighted by atomic mass is 10.0. The van der Waals surface area contributed by atoms with Gasteiger partial charge in [-0.1, -0.05) is 18.2 Å². The van der Waals surface area contributed by atoms with E-state index in [1.165, 1.54) is 26.5 Å². The van der Waals surface area contributed by atoms with Crippen LogP contribution < -0.4 is 15.7 Å². The van der Waals surface area contributed by atoms with Crippen molar-refractivity contribution < 1.29 is 23.5 Å². The normalized spacial score (nSPS) is 11.8. The second kappa shape index (κ2) is 8.89. The van der Waals surface area contributed by atoms with E-state index in [1.54, 1.807) is 24.3 Å². The number of aromatic nitrogens is 1. The van der Waals surface area contributed by atoms with E-state index in [0.29, 0.717) is 27.8 Å². The smallest absolute Gasteiger partial charge is 0.336 e. The third-order valence-corrected chi connectivity index (χ3v) is 5.11. The fourth-order valence-electron chi connectivity index (χ4n) is 3.50. The number of nitrogens with zero attached hydrogens (tertiary/aromatic N) is 1. The van der Waals surface area contributed by atoms with Crippen LogP contribution in [0.1, 0.15) is 15.9 Å². The number of esters is 1. The van der Waals surface area contributed by atoms with Crippen LogP contribution in [0.5, 0.6) is 5.75 Å². The minimum absolute atomic E-state index is 0.0356. The molecule has 4 rings (SSSR count). The molecule has 0 spiro atoms. The summed E-state index contributed by atoms with van der Waals surface area (Å²) < 4.78 is 15.3. The van der Waals surface area contributed by atoms with Gasteiger partial charge in [-0.15, -0.1) is 0 Å². The van der Waals surface area contributed by atoms with E-state index in [0.717, 1.165) is 10.9 Å². The molecule has 1 atom stereocenters. The fraction of sp³-hybridized carbons (Fsp3) is 0.167. The van der Waals surface area contributed by atoms with Crippen LogP contribution in [0.4, 0.5) is 0 Å². The van der Waals surface area contributed by atoms with Crippen molar-refractivity contribution in [3.05, 3.63) is 82.3 Å². The number of methoxy groups -OCH3 is 2. The highest BCUT2D eigenvalue weighted by atomic mass is 16.5. The number of fused-ring (bicyclic) bond motifs is 2. The SMILES string of the molecule is COC(=O)[C@@H](Cc1cc(=O)oc2cc(OC)ccc12)NC(=O)c1cnc2ccccc2c1. The molecule has 0 aliphatic carbocycles. The molecule has 2 aromatic heterocycles. The molecule has 0 unspecified atom stereocenters. The molecule has 1 N–H and O–H groups in total.